The van der Waals surface area contributed by atoms with Crippen LogP contribution in [0.1, 0.15) is 54.0 Å². The van der Waals surface area contributed by atoms with Crippen LogP contribution in [0.2, 0.25) is 0 Å². The van der Waals surface area contributed by atoms with Crippen LogP contribution in [0.4, 0.5) is 10.5 Å². The van der Waals surface area contributed by atoms with E-state index in [0.717, 1.165) is 64.8 Å². The van der Waals surface area contributed by atoms with Crippen LogP contribution in [-0.2, 0) is 22.4 Å². The third-order valence-corrected chi connectivity index (χ3v) is 7.70. The van der Waals surface area contributed by atoms with E-state index in [-0.39, 0.29) is 24.8 Å². The van der Waals surface area contributed by atoms with Crippen LogP contribution >= 0.6 is 0 Å². The van der Waals surface area contributed by atoms with Gasteiger partial charge in [-0.15, -0.1) is 0 Å². The van der Waals surface area contributed by atoms with Crippen molar-refractivity contribution >= 4 is 40.5 Å². The Labute approximate surface area is 250 Å². The molecule has 3 aromatic carbocycles. The minimum atomic E-state index is -1.42. The van der Waals surface area contributed by atoms with E-state index in [1.54, 1.807) is 5.32 Å². The molecule has 5 rings (SSSR count). The number of guanidine groups is 1. The minimum Gasteiger partial charge on any atom is -0.465 e. The average Bonchev–Trinajstić information content (AvgIpc) is 3.41. The second-order valence-electron chi connectivity index (χ2n) is 10.7. The van der Waals surface area contributed by atoms with Gasteiger partial charge < -0.3 is 20.3 Å². The molecule has 1 fully saturated rings. The number of fused-ring (bicyclic) bond motifs is 1. The number of aromatic amines is 1. The van der Waals surface area contributed by atoms with Crippen LogP contribution < -0.4 is 20.9 Å². The number of hydrogen-bond acceptors (Lipinski definition) is 5. The van der Waals surface area contributed by atoms with Gasteiger partial charge >= 0.3 is 6.09 Å². The second kappa shape index (κ2) is 13.7. The van der Waals surface area contributed by atoms with Gasteiger partial charge in [-0.3, -0.25) is 25.6 Å². The molecule has 4 aromatic rings. The Morgan fingerprint density at radius 2 is 1.65 bits per heavy atom. The zero-order valence-corrected chi connectivity index (χ0v) is 23.9. The predicted octanol–water partition coefficient (Wildman–Crippen LogP) is 4.86. The molecule has 1 aliphatic heterocycles. The minimum absolute atomic E-state index is 0.0660. The number of H-pyrrole nitrogens is 1. The van der Waals surface area contributed by atoms with Crippen molar-refractivity contribution in [2.75, 3.05) is 18.0 Å². The topological polar surface area (TPSA) is 150 Å². The van der Waals surface area contributed by atoms with Crippen molar-refractivity contribution in [1.82, 2.24) is 20.9 Å². The van der Waals surface area contributed by atoms with E-state index < -0.39 is 18.0 Å². The van der Waals surface area contributed by atoms with Gasteiger partial charge in [0.1, 0.15) is 0 Å². The molecule has 43 heavy (non-hydrogen) atoms. The lowest BCUT2D eigenvalue weighted by Crippen LogP contribution is -2.42. The molecule has 2 heterocycles. The van der Waals surface area contributed by atoms with Crippen molar-refractivity contribution < 1.29 is 19.5 Å². The van der Waals surface area contributed by atoms with Gasteiger partial charge in [-0.05, 0) is 60.6 Å². The number of nitrogens with zero attached hydrogens (tertiary/aromatic N) is 1. The molecule has 1 aliphatic rings. The van der Waals surface area contributed by atoms with E-state index in [0.29, 0.717) is 6.42 Å². The lowest BCUT2D eigenvalue weighted by molar-refractivity contribution is -0.121. The first-order valence-electron chi connectivity index (χ1n) is 14.5. The van der Waals surface area contributed by atoms with E-state index in [1.165, 1.54) is 6.42 Å². The third kappa shape index (κ3) is 7.59. The molecule has 6 N–H and O–H groups in total. The molecule has 1 saturated heterocycles. The van der Waals surface area contributed by atoms with Gasteiger partial charge in [-0.2, -0.15) is 0 Å². The molecule has 1 unspecified atom stereocenters. The van der Waals surface area contributed by atoms with Gasteiger partial charge in [0.15, 0.2) is 0 Å². The number of anilines is 1. The number of hydrogen-bond donors (Lipinski definition) is 6. The summed E-state index contributed by atoms with van der Waals surface area (Å²) in [5.74, 6) is -1.15. The summed E-state index contributed by atoms with van der Waals surface area (Å²) in [6.45, 7) is 2.02. The number of rotatable bonds is 9. The molecule has 222 valence electrons. The second-order valence-corrected chi connectivity index (χ2v) is 10.7. The highest BCUT2D eigenvalue weighted by Gasteiger charge is 2.23. The Morgan fingerprint density at radius 1 is 0.907 bits per heavy atom. The van der Waals surface area contributed by atoms with Gasteiger partial charge in [0.2, 0.25) is 17.8 Å². The van der Waals surface area contributed by atoms with Crippen molar-refractivity contribution in [3.8, 4) is 0 Å². The number of piperidine rings is 1. The monoisotopic (exact) mass is 580 g/mol. The summed E-state index contributed by atoms with van der Waals surface area (Å²) < 4.78 is 0. The molecule has 1 aromatic heterocycles. The maximum atomic E-state index is 13.6. The summed E-state index contributed by atoms with van der Waals surface area (Å²) >= 11 is 0. The number of carboxylic acid groups (broad SMARTS) is 1. The van der Waals surface area contributed by atoms with E-state index in [9.17, 15) is 14.4 Å². The molecule has 0 aliphatic carbocycles. The summed E-state index contributed by atoms with van der Waals surface area (Å²) in [4.78, 5) is 42.0. The number of carbonyl (C=O) groups is 3. The van der Waals surface area contributed by atoms with Crippen molar-refractivity contribution in [3.63, 3.8) is 0 Å². The number of aromatic nitrogens is 1. The Kier molecular flexibility index (Phi) is 9.36. The first kappa shape index (κ1) is 29.4. The van der Waals surface area contributed by atoms with E-state index in [2.05, 4.69) is 38.7 Å². The normalized spacial score (nSPS) is 13.7. The lowest BCUT2D eigenvalue weighted by atomic mass is 9.95. The summed E-state index contributed by atoms with van der Waals surface area (Å²) in [5.41, 5.74) is 5.89. The van der Waals surface area contributed by atoms with Crippen molar-refractivity contribution in [2.24, 2.45) is 0 Å². The van der Waals surface area contributed by atoms with Crippen LogP contribution in [0.15, 0.2) is 79.0 Å². The summed E-state index contributed by atoms with van der Waals surface area (Å²) in [5, 5.41) is 24.4. The van der Waals surface area contributed by atoms with Crippen LogP contribution in [-0.4, -0.2) is 47.0 Å². The maximum absolute atomic E-state index is 13.6. The average molecular weight is 581 g/mol. The Hall–Kier alpha value is -5.12. The predicted molar refractivity (Wildman–Crippen MR) is 166 cm³/mol. The third-order valence-electron chi connectivity index (χ3n) is 7.70. The number of amides is 3. The molecule has 10 nitrogen and oxygen atoms in total. The molecule has 0 saturated carbocycles. The molecule has 0 radical (unpaired) electrons. The Balaban J connectivity index is 1.31. The summed E-state index contributed by atoms with van der Waals surface area (Å²) in [6, 6.07) is 23.9. The smallest absolute Gasteiger partial charge is 0.411 e. The zero-order chi connectivity index (χ0) is 30.2. The van der Waals surface area contributed by atoms with Gasteiger partial charge in [0.05, 0.1) is 12.5 Å². The summed E-state index contributed by atoms with van der Waals surface area (Å²) in [6.07, 6.45) is 4.61. The molecular weight excluding hydrogens is 544 g/mol. The van der Waals surface area contributed by atoms with Crippen molar-refractivity contribution in [2.45, 2.75) is 44.6 Å². The Bertz CT molecular complexity index is 1610. The van der Waals surface area contributed by atoms with E-state index >= 15 is 0 Å². The maximum Gasteiger partial charge on any atom is 0.411 e. The van der Waals surface area contributed by atoms with Gasteiger partial charge in [-0.1, -0.05) is 54.6 Å². The van der Waals surface area contributed by atoms with Crippen LogP contribution in [0, 0.1) is 5.41 Å². The van der Waals surface area contributed by atoms with Crippen LogP contribution in [0.25, 0.3) is 10.9 Å². The first-order chi connectivity index (χ1) is 20.9. The van der Waals surface area contributed by atoms with E-state index in [1.807, 2.05) is 60.8 Å². The molecule has 3 amide bonds. The molecule has 10 heteroatoms. The van der Waals surface area contributed by atoms with Crippen LogP contribution in [0.5, 0.6) is 0 Å². The zero-order valence-electron chi connectivity index (χ0n) is 23.9. The lowest BCUT2D eigenvalue weighted by Gasteiger charge is -2.33. The fourth-order valence-corrected chi connectivity index (χ4v) is 5.67. The number of nitrogens with one attached hydrogen (secondary N) is 5. The molecule has 0 bridgehead atoms. The quantitative estimate of drug-likeness (QED) is 0.123. The number of carbonyl (C=O) groups excluding carboxylic acids is 2. The Morgan fingerprint density at radius 3 is 2.42 bits per heavy atom. The largest absolute Gasteiger partial charge is 0.465 e. The number of aryl methyl sites for hydroxylation is 1. The molecular formula is C33H36N6O4. The number of benzene rings is 3. The fourth-order valence-electron chi connectivity index (χ4n) is 5.67. The van der Waals surface area contributed by atoms with Gasteiger partial charge in [0, 0.05) is 47.9 Å². The summed E-state index contributed by atoms with van der Waals surface area (Å²) in [7, 11) is 0. The molecule has 0 spiro atoms. The SMILES string of the molecule is N=C(NC(=O)O)NC(=O)CCc1c[nH]c2ccc(CC(=O)NC(c3ccccc3)c3ccccc3N3CCCCC3)cc12. The standard InChI is InChI=1S/C33H36N6O4/c34-32(38-33(42)43)37-29(40)16-14-24-21-35-27-15-13-22(19-26(24)27)20-30(41)36-31(23-9-3-1-4-10-23)25-11-5-6-12-28(25)39-17-7-2-8-18-39/h1,3-6,9-13,15,19,21,31,35H,2,7-8,14,16-18,20H2,(H,36,41)(H,42,43)(H3,34,37,38,40). The van der Waals surface area contributed by atoms with Crippen molar-refractivity contribution in [1.29, 1.82) is 5.41 Å². The van der Waals surface area contributed by atoms with Gasteiger partial charge in [0.25, 0.3) is 0 Å². The number of para-hydroxylation sites is 1. The fraction of sp³-hybridized carbons (Fsp3) is 0.273. The van der Waals surface area contributed by atoms with Crippen LogP contribution in [0.3, 0.4) is 0 Å². The highest BCUT2D eigenvalue weighted by Crippen LogP contribution is 2.32. The highest BCUT2D eigenvalue weighted by molar-refractivity contribution is 6.01. The van der Waals surface area contributed by atoms with E-state index in [4.69, 9.17) is 10.5 Å². The van der Waals surface area contributed by atoms with Crippen molar-refractivity contribution in [3.05, 3.63) is 101 Å². The molecule has 1 atom stereocenters. The van der Waals surface area contributed by atoms with Gasteiger partial charge in [-0.25, -0.2) is 4.79 Å². The first-order valence-corrected chi connectivity index (χ1v) is 14.5. The highest BCUT2D eigenvalue weighted by atomic mass is 16.4.